The Morgan fingerprint density at radius 1 is 0.806 bits per heavy atom. The highest BCUT2D eigenvalue weighted by Crippen LogP contribution is 2.30. The van der Waals surface area contributed by atoms with Crippen LogP contribution in [0.4, 0.5) is 0 Å². The Bertz CT molecular complexity index is 1200. The van der Waals surface area contributed by atoms with Crippen molar-refractivity contribution >= 4 is 5.71 Å². The van der Waals surface area contributed by atoms with Crippen molar-refractivity contribution in [1.82, 2.24) is 4.57 Å². The summed E-state index contributed by atoms with van der Waals surface area (Å²) in [5.74, 6) is 0. The maximum atomic E-state index is 5.69. The topological polar surface area (TPSA) is 26.5 Å². The van der Waals surface area contributed by atoms with Gasteiger partial charge in [0, 0.05) is 16.9 Å². The maximum Gasteiger partial charge on any atom is 0.142 e. The van der Waals surface area contributed by atoms with Gasteiger partial charge in [0.2, 0.25) is 0 Å². The smallest absolute Gasteiger partial charge is 0.142 e. The van der Waals surface area contributed by atoms with Crippen LogP contribution in [0.2, 0.25) is 0 Å². The summed E-state index contributed by atoms with van der Waals surface area (Å²) in [5.41, 5.74) is 10.2. The number of hydrogen-bond donors (Lipinski definition) is 0. The maximum absolute atomic E-state index is 5.69. The van der Waals surface area contributed by atoms with E-state index in [1.54, 1.807) is 0 Å². The molecule has 0 radical (unpaired) electrons. The van der Waals surface area contributed by atoms with Gasteiger partial charge >= 0.3 is 0 Å². The summed E-state index contributed by atoms with van der Waals surface area (Å²) < 4.78 is 2.30. The third-order valence-corrected chi connectivity index (χ3v) is 5.52. The number of rotatable bonds is 6. The van der Waals surface area contributed by atoms with Gasteiger partial charge in [0.15, 0.2) is 0 Å². The minimum Gasteiger partial charge on any atom is -0.391 e. The fraction of sp³-hybridized carbons (Fsp3) is 0.179. The summed E-state index contributed by atoms with van der Waals surface area (Å²) in [7, 11) is 0. The van der Waals surface area contributed by atoms with Crippen molar-refractivity contribution in [3.8, 4) is 16.9 Å². The molecule has 0 atom stereocenters. The molecule has 0 saturated carbocycles. The Hall–Kier alpha value is -3.59. The van der Waals surface area contributed by atoms with E-state index in [0.29, 0.717) is 6.61 Å². The molecule has 0 unspecified atom stereocenters. The Morgan fingerprint density at radius 3 is 2.26 bits per heavy atom. The van der Waals surface area contributed by atoms with Crippen molar-refractivity contribution in [3.63, 3.8) is 0 Å². The van der Waals surface area contributed by atoms with Gasteiger partial charge in [0.25, 0.3) is 0 Å². The first-order valence-corrected chi connectivity index (χ1v) is 10.6. The van der Waals surface area contributed by atoms with Gasteiger partial charge in [-0.3, -0.25) is 0 Å². The highest BCUT2D eigenvalue weighted by molar-refractivity contribution is 6.01. The van der Waals surface area contributed by atoms with Crippen LogP contribution in [0, 0.1) is 20.8 Å². The molecule has 3 aromatic carbocycles. The number of aryl methyl sites for hydroxylation is 2. The van der Waals surface area contributed by atoms with Gasteiger partial charge in [-0.25, -0.2) is 0 Å². The predicted molar refractivity (Wildman–Crippen MR) is 129 cm³/mol. The normalized spacial score (nSPS) is 11.5. The van der Waals surface area contributed by atoms with Crippen molar-refractivity contribution in [2.45, 2.75) is 34.3 Å². The molecule has 0 spiro atoms. The molecule has 4 rings (SSSR count). The van der Waals surface area contributed by atoms with Gasteiger partial charge in [-0.1, -0.05) is 77.4 Å². The molecule has 0 bridgehead atoms. The average Bonchev–Trinajstić information content (AvgIpc) is 3.13. The zero-order valence-electron chi connectivity index (χ0n) is 18.6. The van der Waals surface area contributed by atoms with E-state index in [9.17, 15) is 0 Å². The summed E-state index contributed by atoms with van der Waals surface area (Å²) in [6.07, 6.45) is 0. The molecule has 1 aromatic heterocycles. The number of aromatic nitrogens is 1. The Balaban J connectivity index is 1.70. The number of hydrogen-bond acceptors (Lipinski definition) is 2. The lowest BCUT2D eigenvalue weighted by atomic mass is 10.1. The Labute approximate surface area is 184 Å². The molecular formula is C28H28N2O. The lowest BCUT2D eigenvalue weighted by Crippen LogP contribution is -2.03. The van der Waals surface area contributed by atoms with E-state index in [1.807, 2.05) is 13.0 Å². The van der Waals surface area contributed by atoms with E-state index in [1.165, 1.54) is 16.7 Å². The van der Waals surface area contributed by atoms with E-state index in [4.69, 9.17) is 4.84 Å². The van der Waals surface area contributed by atoms with E-state index >= 15 is 0 Å². The van der Waals surface area contributed by atoms with E-state index in [2.05, 4.69) is 109 Å². The van der Waals surface area contributed by atoms with Crippen molar-refractivity contribution in [3.05, 3.63) is 113 Å². The zero-order valence-corrected chi connectivity index (χ0v) is 18.6. The molecule has 0 aliphatic heterocycles. The van der Waals surface area contributed by atoms with Gasteiger partial charge in [0.05, 0.1) is 11.4 Å². The summed E-state index contributed by atoms with van der Waals surface area (Å²) in [5, 5.41) is 4.44. The molecular weight excluding hydrogens is 380 g/mol. The molecule has 3 nitrogen and oxygen atoms in total. The van der Waals surface area contributed by atoms with Crippen LogP contribution >= 0.6 is 0 Å². The highest BCUT2D eigenvalue weighted by Gasteiger charge is 2.17. The molecule has 31 heavy (non-hydrogen) atoms. The standard InChI is InChI=1S/C28H28N2O/c1-20-13-15-24(16-14-20)19-31-29-22(3)27-18-28(25-10-6-5-7-11-25)30(23(27)4)26-12-8-9-21(2)17-26/h5-18H,19H2,1-4H3/b29-22+. The molecule has 0 N–H and O–H groups in total. The average molecular weight is 409 g/mol. The van der Waals surface area contributed by atoms with Crippen LogP contribution in [0.25, 0.3) is 16.9 Å². The van der Waals surface area contributed by atoms with Gasteiger partial charge in [0.1, 0.15) is 6.61 Å². The van der Waals surface area contributed by atoms with Crippen LogP contribution in [0.3, 0.4) is 0 Å². The molecule has 4 aromatic rings. The van der Waals surface area contributed by atoms with E-state index < -0.39 is 0 Å². The first-order valence-electron chi connectivity index (χ1n) is 10.6. The molecule has 0 aliphatic carbocycles. The fourth-order valence-corrected chi connectivity index (χ4v) is 3.83. The number of benzene rings is 3. The van der Waals surface area contributed by atoms with Crippen molar-refractivity contribution in [1.29, 1.82) is 0 Å². The molecule has 0 fully saturated rings. The van der Waals surface area contributed by atoms with Crippen LogP contribution in [-0.4, -0.2) is 10.3 Å². The second-order valence-corrected chi connectivity index (χ2v) is 8.00. The third kappa shape index (κ3) is 4.61. The zero-order chi connectivity index (χ0) is 21.8. The van der Waals surface area contributed by atoms with Gasteiger partial charge in [-0.2, -0.15) is 0 Å². The number of nitrogens with zero attached hydrogens (tertiary/aromatic N) is 2. The molecule has 3 heteroatoms. The van der Waals surface area contributed by atoms with E-state index in [0.717, 1.165) is 33.9 Å². The highest BCUT2D eigenvalue weighted by atomic mass is 16.6. The lowest BCUT2D eigenvalue weighted by Gasteiger charge is -2.13. The predicted octanol–water partition coefficient (Wildman–Crippen LogP) is 7.01. The monoisotopic (exact) mass is 408 g/mol. The van der Waals surface area contributed by atoms with Gasteiger partial charge in [-0.05, 0) is 62.6 Å². The Kier molecular flexibility index (Phi) is 6.03. The molecule has 156 valence electrons. The summed E-state index contributed by atoms with van der Waals surface area (Å²) in [6, 6.07) is 29.6. The largest absolute Gasteiger partial charge is 0.391 e. The third-order valence-electron chi connectivity index (χ3n) is 5.52. The quantitative estimate of drug-likeness (QED) is 0.249. The first-order chi connectivity index (χ1) is 15.0. The first kappa shape index (κ1) is 20.7. The van der Waals surface area contributed by atoms with Crippen LogP contribution in [-0.2, 0) is 11.4 Å². The van der Waals surface area contributed by atoms with Crippen molar-refractivity contribution in [2.24, 2.45) is 5.16 Å². The summed E-state index contributed by atoms with van der Waals surface area (Å²) in [6.45, 7) is 8.81. The second kappa shape index (κ2) is 9.05. The molecule has 1 heterocycles. The van der Waals surface area contributed by atoms with Crippen molar-refractivity contribution < 1.29 is 4.84 Å². The van der Waals surface area contributed by atoms with Crippen LogP contribution in [0.5, 0.6) is 0 Å². The van der Waals surface area contributed by atoms with Crippen LogP contribution < -0.4 is 0 Å². The SMILES string of the molecule is C/C(=N\OCc1ccc(C)cc1)c1cc(-c2ccccc2)n(-c2cccc(C)c2)c1C. The second-order valence-electron chi connectivity index (χ2n) is 8.00. The van der Waals surface area contributed by atoms with E-state index in [-0.39, 0.29) is 0 Å². The molecule has 0 amide bonds. The fourth-order valence-electron chi connectivity index (χ4n) is 3.83. The minimum atomic E-state index is 0.459. The summed E-state index contributed by atoms with van der Waals surface area (Å²) >= 11 is 0. The van der Waals surface area contributed by atoms with Gasteiger partial charge < -0.3 is 9.40 Å². The lowest BCUT2D eigenvalue weighted by molar-refractivity contribution is 0.130. The minimum absolute atomic E-state index is 0.459. The van der Waals surface area contributed by atoms with Crippen LogP contribution in [0.1, 0.15) is 34.9 Å². The van der Waals surface area contributed by atoms with Gasteiger partial charge in [-0.15, -0.1) is 0 Å². The molecule has 0 saturated heterocycles. The van der Waals surface area contributed by atoms with Crippen LogP contribution in [0.15, 0.2) is 90.1 Å². The summed E-state index contributed by atoms with van der Waals surface area (Å²) in [4.78, 5) is 5.69. The molecule has 0 aliphatic rings. The number of oxime groups is 1. The Morgan fingerprint density at radius 2 is 1.55 bits per heavy atom. The van der Waals surface area contributed by atoms with Crippen molar-refractivity contribution in [2.75, 3.05) is 0 Å².